The summed E-state index contributed by atoms with van der Waals surface area (Å²) < 4.78 is 5.35. The molecule has 1 atom stereocenters. The van der Waals surface area contributed by atoms with E-state index in [-0.39, 0.29) is 5.78 Å². The van der Waals surface area contributed by atoms with E-state index in [1.807, 2.05) is 37.3 Å². The molecule has 0 aromatic heterocycles. The number of benzene rings is 2. The van der Waals surface area contributed by atoms with E-state index in [2.05, 4.69) is 0 Å². The first-order chi connectivity index (χ1) is 9.70. The minimum absolute atomic E-state index is 0.0445. The molecule has 0 saturated heterocycles. The first kappa shape index (κ1) is 14.3. The van der Waals surface area contributed by atoms with E-state index in [9.17, 15) is 4.79 Å². The second-order valence-electron chi connectivity index (χ2n) is 4.62. The molecule has 2 N–H and O–H groups in total. The quantitative estimate of drug-likeness (QED) is 0.820. The van der Waals surface area contributed by atoms with Crippen LogP contribution in [0.2, 0.25) is 0 Å². The number of ether oxygens (including phenoxy) is 1. The van der Waals surface area contributed by atoms with E-state index < -0.39 is 6.04 Å². The lowest BCUT2D eigenvalue weighted by Gasteiger charge is -2.11. The van der Waals surface area contributed by atoms with Gasteiger partial charge in [-0.3, -0.25) is 4.79 Å². The summed E-state index contributed by atoms with van der Waals surface area (Å²) in [4.78, 5) is 12.3. The van der Waals surface area contributed by atoms with Crippen LogP contribution in [0.5, 0.6) is 5.75 Å². The molecule has 20 heavy (non-hydrogen) atoms. The molecule has 0 amide bonds. The highest BCUT2D eigenvalue weighted by atomic mass is 16.5. The minimum Gasteiger partial charge on any atom is -0.494 e. The molecule has 0 aliphatic rings. The molecule has 0 aliphatic carbocycles. The van der Waals surface area contributed by atoms with Gasteiger partial charge in [-0.25, -0.2) is 0 Å². The van der Waals surface area contributed by atoms with Gasteiger partial charge in [0.2, 0.25) is 0 Å². The Hall–Kier alpha value is -2.13. The van der Waals surface area contributed by atoms with Gasteiger partial charge in [0.05, 0.1) is 12.6 Å². The largest absolute Gasteiger partial charge is 0.494 e. The van der Waals surface area contributed by atoms with Crippen LogP contribution in [0.3, 0.4) is 0 Å². The van der Waals surface area contributed by atoms with Crippen molar-refractivity contribution in [2.24, 2.45) is 5.73 Å². The third-order valence-electron chi connectivity index (χ3n) is 3.09. The first-order valence-electron chi connectivity index (χ1n) is 6.77. The maximum Gasteiger partial charge on any atom is 0.179 e. The summed E-state index contributed by atoms with van der Waals surface area (Å²) in [7, 11) is 0. The van der Waals surface area contributed by atoms with Gasteiger partial charge in [0.25, 0.3) is 0 Å². The Bertz CT molecular complexity index is 549. The van der Waals surface area contributed by atoms with Crippen molar-refractivity contribution < 1.29 is 9.53 Å². The highest BCUT2D eigenvalue weighted by Crippen LogP contribution is 2.14. The van der Waals surface area contributed by atoms with Gasteiger partial charge in [-0.05, 0) is 43.2 Å². The second-order valence-corrected chi connectivity index (χ2v) is 4.62. The number of carbonyl (C=O) groups is 1. The molecule has 2 rings (SSSR count). The number of ketones is 1. The predicted molar refractivity (Wildman–Crippen MR) is 80.1 cm³/mol. The Morgan fingerprint density at radius 3 is 2.35 bits per heavy atom. The van der Waals surface area contributed by atoms with Gasteiger partial charge in [-0.15, -0.1) is 0 Å². The van der Waals surface area contributed by atoms with E-state index >= 15 is 0 Å². The smallest absolute Gasteiger partial charge is 0.179 e. The Kier molecular flexibility index (Phi) is 4.91. The van der Waals surface area contributed by atoms with Crippen molar-refractivity contribution in [2.45, 2.75) is 19.4 Å². The van der Waals surface area contributed by atoms with Gasteiger partial charge in [0.1, 0.15) is 5.75 Å². The number of hydrogen-bond acceptors (Lipinski definition) is 3. The lowest BCUT2D eigenvalue weighted by molar-refractivity contribution is 0.0961. The molecule has 104 valence electrons. The van der Waals surface area contributed by atoms with Crippen LogP contribution < -0.4 is 10.5 Å². The minimum atomic E-state index is -0.518. The molecule has 0 radical (unpaired) electrons. The first-order valence-corrected chi connectivity index (χ1v) is 6.77. The van der Waals surface area contributed by atoms with Crippen LogP contribution in [0.15, 0.2) is 54.6 Å². The third-order valence-corrected chi connectivity index (χ3v) is 3.09. The van der Waals surface area contributed by atoms with E-state index in [1.54, 1.807) is 24.3 Å². The van der Waals surface area contributed by atoms with Gasteiger partial charge < -0.3 is 10.5 Å². The molecule has 0 fully saturated rings. The van der Waals surface area contributed by atoms with Crippen LogP contribution in [0, 0.1) is 0 Å². The predicted octanol–water partition coefficient (Wildman–Crippen LogP) is 2.84. The SMILES string of the molecule is CCOc1ccc(C(=O)C(N)Cc2ccccc2)cc1. The fourth-order valence-electron chi connectivity index (χ4n) is 2.06. The van der Waals surface area contributed by atoms with Crippen LogP contribution in [-0.2, 0) is 6.42 Å². The zero-order valence-electron chi connectivity index (χ0n) is 11.6. The van der Waals surface area contributed by atoms with Gasteiger partial charge >= 0.3 is 0 Å². The Morgan fingerprint density at radius 2 is 1.75 bits per heavy atom. The molecule has 2 aromatic rings. The van der Waals surface area contributed by atoms with Crippen LogP contribution in [-0.4, -0.2) is 18.4 Å². The average Bonchev–Trinajstić information content (AvgIpc) is 2.48. The summed E-state index contributed by atoms with van der Waals surface area (Å²) in [5, 5.41) is 0. The summed E-state index contributed by atoms with van der Waals surface area (Å²) in [6.07, 6.45) is 0.548. The average molecular weight is 269 g/mol. The van der Waals surface area contributed by atoms with E-state index in [0.717, 1.165) is 11.3 Å². The monoisotopic (exact) mass is 269 g/mol. The van der Waals surface area contributed by atoms with Crippen LogP contribution in [0.4, 0.5) is 0 Å². The Morgan fingerprint density at radius 1 is 1.10 bits per heavy atom. The van der Waals surface area contributed by atoms with Gasteiger partial charge in [-0.1, -0.05) is 30.3 Å². The van der Waals surface area contributed by atoms with Crippen molar-refractivity contribution in [3.05, 3.63) is 65.7 Å². The number of hydrogen-bond donors (Lipinski definition) is 1. The zero-order valence-corrected chi connectivity index (χ0v) is 11.6. The van der Waals surface area contributed by atoms with Crippen LogP contribution >= 0.6 is 0 Å². The van der Waals surface area contributed by atoms with E-state index in [1.165, 1.54) is 0 Å². The van der Waals surface area contributed by atoms with Crippen molar-refractivity contribution in [1.82, 2.24) is 0 Å². The summed E-state index contributed by atoms with van der Waals surface area (Å²) in [6.45, 7) is 2.54. The lowest BCUT2D eigenvalue weighted by atomic mass is 9.98. The Balaban J connectivity index is 2.03. The molecule has 0 bridgehead atoms. The maximum atomic E-state index is 12.3. The van der Waals surface area contributed by atoms with Crippen LogP contribution in [0.1, 0.15) is 22.8 Å². The lowest BCUT2D eigenvalue weighted by Crippen LogP contribution is -2.32. The normalized spacial score (nSPS) is 11.9. The van der Waals surface area contributed by atoms with Crippen LogP contribution in [0.25, 0.3) is 0 Å². The van der Waals surface area contributed by atoms with Gasteiger partial charge in [0.15, 0.2) is 5.78 Å². The molecule has 1 unspecified atom stereocenters. The number of nitrogens with two attached hydrogens (primary N) is 1. The number of Topliss-reactive ketones (excluding diaryl/α,β-unsaturated/α-hetero) is 1. The summed E-state index contributed by atoms with van der Waals surface area (Å²) in [5.74, 6) is 0.720. The summed E-state index contributed by atoms with van der Waals surface area (Å²) in [5.41, 5.74) is 7.69. The highest BCUT2D eigenvalue weighted by Gasteiger charge is 2.16. The highest BCUT2D eigenvalue weighted by molar-refractivity contribution is 6.00. The number of rotatable bonds is 6. The maximum absolute atomic E-state index is 12.3. The van der Waals surface area contributed by atoms with E-state index in [0.29, 0.717) is 18.6 Å². The van der Waals surface area contributed by atoms with Gasteiger partial charge in [-0.2, -0.15) is 0 Å². The third kappa shape index (κ3) is 3.68. The van der Waals surface area contributed by atoms with Crippen molar-refractivity contribution in [3.63, 3.8) is 0 Å². The molecule has 3 nitrogen and oxygen atoms in total. The van der Waals surface area contributed by atoms with E-state index in [4.69, 9.17) is 10.5 Å². The number of carbonyl (C=O) groups excluding carboxylic acids is 1. The molecule has 0 heterocycles. The molecule has 3 heteroatoms. The topological polar surface area (TPSA) is 52.3 Å². The molecular weight excluding hydrogens is 250 g/mol. The molecule has 0 spiro atoms. The fourth-order valence-corrected chi connectivity index (χ4v) is 2.06. The molecular formula is C17H19NO2. The van der Waals surface area contributed by atoms with Crippen molar-refractivity contribution in [1.29, 1.82) is 0 Å². The molecule has 0 saturated carbocycles. The summed E-state index contributed by atoms with van der Waals surface area (Å²) in [6, 6.07) is 16.4. The molecule has 0 aliphatic heterocycles. The van der Waals surface area contributed by atoms with Crippen molar-refractivity contribution >= 4 is 5.78 Å². The van der Waals surface area contributed by atoms with Gasteiger partial charge in [0, 0.05) is 5.56 Å². The summed E-state index contributed by atoms with van der Waals surface area (Å²) >= 11 is 0. The fraction of sp³-hybridized carbons (Fsp3) is 0.235. The standard InChI is InChI=1S/C17H19NO2/c1-2-20-15-10-8-14(9-11-15)17(19)16(18)12-13-6-4-3-5-7-13/h3-11,16H,2,12,18H2,1H3. The Labute approximate surface area is 119 Å². The molecule has 2 aromatic carbocycles. The zero-order chi connectivity index (χ0) is 14.4. The van der Waals surface area contributed by atoms with Crippen molar-refractivity contribution in [2.75, 3.05) is 6.61 Å². The van der Waals surface area contributed by atoms with Crippen molar-refractivity contribution in [3.8, 4) is 5.75 Å². The second kappa shape index (κ2) is 6.87.